The molecule has 1 aromatic carbocycles. The van der Waals surface area contributed by atoms with Crippen molar-refractivity contribution in [2.24, 2.45) is 0 Å². The maximum atomic E-state index is 8.60. The maximum Gasteiger partial charge on any atom is 0.132 e. The Kier molecular flexibility index (Phi) is 5.98. The fraction of sp³-hybridized carbons (Fsp3) is 0.421. The topological polar surface area (TPSA) is 88.1 Å². The van der Waals surface area contributed by atoms with Crippen LogP contribution in [0.2, 0.25) is 0 Å². The number of aromatic nitrogens is 2. The molecule has 0 unspecified atom stereocenters. The van der Waals surface area contributed by atoms with Crippen molar-refractivity contribution in [2.45, 2.75) is 26.4 Å². The van der Waals surface area contributed by atoms with Crippen LogP contribution in [0.15, 0.2) is 30.6 Å². The zero-order valence-corrected chi connectivity index (χ0v) is 16.1. The van der Waals surface area contributed by atoms with Gasteiger partial charge in [-0.3, -0.25) is 5.41 Å². The predicted molar refractivity (Wildman–Crippen MR) is 109 cm³/mol. The number of hydrogen-bond acceptors (Lipinski definition) is 7. The van der Waals surface area contributed by atoms with Gasteiger partial charge in [0.2, 0.25) is 0 Å². The summed E-state index contributed by atoms with van der Waals surface area (Å²) in [5.74, 6) is 3.85. The molecule has 0 atom stereocenters. The van der Waals surface area contributed by atoms with E-state index in [1.54, 1.807) is 6.07 Å². The first-order chi connectivity index (χ1) is 12.5. The second-order valence-corrected chi connectivity index (χ2v) is 7.73. The van der Waals surface area contributed by atoms with Gasteiger partial charge in [0.15, 0.2) is 0 Å². The maximum absolute atomic E-state index is 8.60. The highest BCUT2D eigenvalue weighted by molar-refractivity contribution is 7.99. The molecule has 1 aliphatic rings. The molecular formula is C19H25N5OS. The van der Waals surface area contributed by atoms with Gasteiger partial charge in [-0.05, 0) is 44.2 Å². The molecule has 0 saturated carbocycles. The minimum absolute atomic E-state index is 0.0622. The zero-order chi connectivity index (χ0) is 18.5. The van der Waals surface area contributed by atoms with Gasteiger partial charge in [-0.1, -0.05) is 0 Å². The summed E-state index contributed by atoms with van der Waals surface area (Å²) in [6.45, 7) is 5.89. The third-order valence-corrected chi connectivity index (χ3v) is 5.17. The van der Waals surface area contributed by atoms with Crippen molar-refractivity contribution < 1.29 is 4.74 Å². The Morgan fingerprint density at radius 1 is 1.23 bits per heavy atom. The summed E-state index contributed by atoms with van der Waals surface area (Å²) in [4.78, 5) is 11.0. The van der Waals surface area contributed by atoms with Crippen molar-refractivity contribution in [1.29, 1.82) is 5.41 Å². The molecule has 1 saturated heterocycles. The van der Waals surface area contributed by atoms with E-state index in [1.807, 2.05) is 43.8 Å². The summed E-state index contributed by atoms with van der Waals surface area (Å²) >= 11 is 1.97. The minimum Gasteiger partial charge on any atom is -0.491 e. The molecular weight excluding hydrogens is 346 g/mol. The van der Waals surface area contributed by atoms with Crippen LogP contribution in [0.4, 0.5) is 11.5 Å². The van der Waals surface area contributed by atoms with Crippen molar-refractivity contribution >= 4 is 29.0 Å². The molecule has 1 aromatic heterocycles. The van der Waals surface area contributed by atoms with Crippen LogP contribution in [-0.4, -0.2) is 46.4 Å². The first-order valence-corrected chi connectivity index (χ1v) is 10.0. The molecule has 1 aliphatic heterocycles. The smallest absolute Gasteiger partial charge is 0.132 e. The summed E-state index contributed by atoms with van der Waals surface area (Å²) in [5, 5.41) is 8.60. The SMILES string of the molecule is CC(C)Oc1ccc(N)c(C(=N)c2cc(N3CCCSCC3)ncn2)c1. The summed E-state index contributed by atoms with van der Waals surface area (Å²) in [5.41, 5.74) is 8.12. The van der Waals surface area contributed by atoms with Gasteiger partial charge < -0.3 is 15.4 Å². The number of nitrogens with one attached hydrogen (secondary N) is 1. The first-order valence-electron chi connectivity index (χ1n) is 8.85. The molecule has 0 spiro atoms. The van der Waals surface area contributed by atoms with Gasteiger partial charge in [0.25, 0.3) is 0 Å². The van der Waals surface area contributed by atoms with Gasteiger partial charge in [0.05, 0.1) is 17.5 Å². The Bertz CT molecular complexity index is 772. The number of hydrogen-bond donors (Lipinski definition) is 2. The number of thioether (sulfide) groups is 1. The summed E-state index contributed by atoms with van der Waals surface area (Å²) in [7, 11) is 0. The number of benzene rings is 1. The second-order valence-electron chi connectivity index (χ2n) is 6.51. The monoisotopic (exact) mass is 371 g/mol. The lowest BCUT2D eigenvalue weighted by Gasteiger charge is -2.21. The molecule has 2 aromatic rings. The number of ether oxygens (including phenoxy) is 1. The molecule has 138 valence electrons. The van der Waals surface area contributed by atoms with E-state index in [-0.39, 0.29) is 11.8 Å². The van der Waals surface area contributed by atoms with E-state index in [0.29, 0.717) is 22.7 Å². The van der Waals surface area contributed by atoms with E-state index in [1.165, 1.54) is 12.1 Å². The number of rotatable bonds is 5. The van der Waals surface area contributed by atoms with Crippen LogP contribution in [0, 0.1) is 5.41 Å². The third kappa shape index (κ3) is 4.46. The Morgan fingerprint density at radius 2 is 2.08 bits per heavy atom. The summed E-state index contributed by atoms with van der Waals surface area (Å²) in [6, 6.07) is 7.29. The van der Waals surface area contributed by atoms with E-state index in [4.69, 9.17) is 15.9 Å². The average molecular weight is 372 g/mol. The molecule has 2 heterocycles. The van der Waals surface area contributed by atoms with Crippen LogP contribution in [0.5, 0.6) is 5.75 Å². The summed E-state index contributed by atoms with van der Waals surface area (Å²) < 4.78 is 5.73. The lowest BCUT2D eigenvalue weighted by atomic mass is 10.0. The van der Waals surface area contributed by atoms with E-state index >= 15 is 0 Å². The number of nitrogen functional groups attached to an aromatic ring is 1. The Balaban J connectivity index is 1.87. The van der Waals surface area contributed by atoms with Crippen molar-refractivity contribution in [2.75, 3.05) is 35.2 Å². The molecule has 0 amide bonds. The van der Waals surface area contributed by atoms with Gasteiger partial charge in [-0.25, -0.2) is 9.97 Å². The number of nitrogens with two attached hydrogens (primary N) is 1. The molecule has 6 nitrogen and oxygen atoms in total. The largest absolute Gasteiger partial charge is 0.491 e. The molecule has 3 rings (SSSR count). The van der Waals surface area contributed by atoms with E-state index in [2.05, 4.69) is 14.9 Å². The molecule has 3 N–H and O–H groups in total. The van der Waals surface area contributed by atoms with Gasteiger partial charge in [0, 0.05) is 36.2 Å². The molecule has 1 fully saturated rings. The van der Waals surface area contributed by atoms with Crippen LogP contribution in [0.1, 0.15) is 31.5 Å². The van der Waals surface area contributed by atoms with Crippen LogP contribution < -0.4 is 15.4 Å². The van der Waals surface area contributed by atoms with Crippen molar-refractivity contribution in [3.05, 3.63) is 41.9 Å². The van der Waals surface area contributed by atoms with Crippen LogP contribution >= 0.6 is 11.8 Å². The first kappa shape index (κ1) is 18.5. The van der Waals surface area contributed by atoms with Gasteiger partial charge in [-0.15, -0.1) is 0 Å². The van der Waals surface area contributed by atoms with Gasteiger partial charge in [-0.2, -0.15) is 11.8 Å². The molecule has 0 radical (unpaired) electrons. The van der Waals surface area contributed by atoms with Crippen LogP contribution in [-0.2, 0) is 0 Å². The number of nitrogens with zero attached hydrogens (tertiary/aromatic N) is 3. The Morgan fingerprint density at radius 3 is 2.88 bits per heavy atom. The minimum atomic E-state index is 0.0622. The van der Waals surface area contributed by atoms with Gasteiger partial charge in [0.1, 0.15) is 17.9 Å². The fourth-order valence-electron chi connectivity index (χ4n) is 2.87. The standard InChI is InChI=1S/C19H25N5OS/c1-13(2)25-14-4-5-16(20)15(10-14)19(21)17-11-18(23-12-22-17)24-6-3-8-26-9-7-24/h4-5,10-13,21H,3,6-9,20H2,1-2H3. The van der Waals surface area contributed by atoms with E-state index < -0.39 is 0 Å². The molecule has 7 heteroatoms. The van der Waals surface area contributed by atoms with E-state index in [0.717, 1.165) is 31.1 Å². The lowest BCUT2D eigenvalue weighted by molar-refractivity contribution is 0.242. The van der Waals surface area contributed by atoms with Crippen molar-refractivity contribution in [3.63, 3.8) is 0 Å². The quantitative estimate of drug-likeness (QED) is 0.620. The Hall–Kier alpha value is -2.28. The highest BCUT2D eigenvalue weighted by Gasteiger charge is 2.16. The molecule has 26 heavy (non-hydrogen) atoms. The summed E-state index contributed by atoms with van der Waals surface area (Å²) in [6.07, 6.45) is 2.73. The predicted octanol–water partition coefficient (Wildman–Crippen LogP) is 3.21. The second kappa shape index (κ2) is 8.40. The van der Waals surface area contributed by atoms with Crippen molar-refractivity contribution in [1.82, 2.24) is 9.97 Å². The van der Waals surface area contributed by atoms with Gasteiger partial charge >= 0.3 is 0 Å². The third-order valence-electron chi connectivity index (χ3n) is 4.12. The van der Waals surface area contributed by atoms with Crippen molar-refractivity contribution in [3.8, 4) is 5.75 Å². The Labute approximate surface area is 158 Å². The number of anilines is 2. The highest BCUT2D eigenvalue weighted by Crippen LogP contribution is 2.24. The lowest BCUT2D eigenvalue weighted by Crippen LogP contribution is -2.26. The zero-order valence-electron chi connectivity index (χ0n) is 15.2. The molecule has 0 bridgehead atoms. The van der Waals surface area contributed by atoms with E-state index in [9.17, 15) is 0 Å². The average Bonchev–Trinajstić information content (AvgIpc) is 2.92. The van der Waals surface area contributed by atoms with Crippen LogP contribution in [0.25, 0.3) is 0 Å². The fourth-order valence-corrected chi connectivity index (χ4v) is 3.75. The van der Waals surface area contributed by atoms with Crippen LogP contribution in [0.3, 0.4) is 0 Å². The highest BCUT2D eigenvalue weighted by atomic mass is 32.2. The molecule has 0 aliphatic carbocycles. The normalized spacial score (nSPS) is 15.0.